The second kappa shape index (κ2) is 5.88. The van der Waals surface area contributed by atoms with Crippen molar-refractivity contribution in [2.24, 2.45) is 0 Å². The zero-order valence-electron chi connectivity index (χ0n) is 11.2. The zero-order valence-corrected chi connectivity index (χ0v) is 12.0. The van der Waals surface area contributed by atoms with Crippen molar-refractivity contribution in [1.82, 2.24) is 4.90 Å². The summed E-state index contributed by atoms with van der Waals surface area (Å²) in [7, 11) is -2.81. The lowest BCUT2D eigenvalue weighted by Gasteiger charge is -2.35. The fourth-order valence-electron chi connectivity index (χ4n) is 3.36. The van der Waals surface area contributed by atoms with Crippen molar-refractivity contribution in [1.29, 1.82) is 0 Å². The van der Waals surface area contributed by atoms with Gasteiger partial charge in [0.2, 0.25) is 0 Å². The van der Waals surface area contributed by atoms with Crippen LogP contribution in [0.2, 0.25) is 0 Å². The Hall–Kier alpha value is -0.130. The number of aliphatic hydroxyl groups is 1. The molecule has 3 unspecified atom stereocenters. The third-order valence-corrected chi connectivity index (χ3v) is 5.96. The lowest BCUT2D eigenvalue weighted by molar-refractivity contribution is 0.0898. The van der Waals surface area contributed by atoms with Crippen molar-refractivity contribution in [3.8, 4) is 0 Å². The molecule has 1 N–H and O–H groups in total. The van der Waals surface area contributed by atoms with E-state index in [0.717, 1.165) is 32.2 Å². The summed E-state index contributed by atoms with van der Waals surface area (Å²) in [5, 5.41) is 9.61. The van der Waals surface area contributed by atoms with Gasteiger partial charge in [-0.25, -0.2) is 8.42 Å². The number of rotatable bonds is 3. The van der Waals surface area contributed by atoms with Gasteiger partial charge in [-0.05, 0) is 39.2 Å². The molecule has 0 aliphatic carbocycles. The predicted octanol–water partition coefficient (Wildman–Crippen LogP) is 1.19. The van der Waals surface area contributed by atoms with Gasteiger partial charge in [0.25, 0.3) is 0 Å². The monoisotopic (exact) mass is 275 g/mol. The maximum Gasteiger partial charge on any atom is 0.151 e. The van der Waals surface area contributed by atoms with Crippen LogP contribution in [-0.4, -0.2) is 54.7 Å². The molecular weight excluding hydrogens is 250 g/mol. The van der Waals surface area contributed by atoms with Gasteiger partial charge in [0.1, 0.15) is 0 Å². The van der Waals surface area contributed by atoms with Gasteiger partial charge in [-0.15, -0.1) is 0 Å². The molecule has 0 bridgehead atoms. The van der Waals surface area contributed by atoms with Crippen LogP contribution in [0.4, 0.5) is 0 Å². The minimum absolute atomic E-state index is 0.192. The van der Waals surface area contributed by atoms with Crippen LogP contribution in [0.25, 0.3) is 0 Å². The Morgan fingerprint density at radius 1 is 1.28 bits per heavy atom. The smallest absolute Gasteiger partial charge is 0.151 e. The molecule has 5 heteroatoms. The highest BCUT2D eigenvalue weighted by Gasteiger charge is 2.36. The van der Waals surface area contributed by atoms with Gasteiger partial charge in [0.15, 0.2) is 9.84 Å². The molecule has 0 amide bonds. The number of hydrogen-bond acceptors (Lipinski definition) is 4. The molecule has 0 aromatic rings. The minimum Gasteiger partial charge on any atom is -0.393 e. The Kier molecular flexibility index (Phi) is 4.67. The summed E-state index contributed by atoms with van der Waals surface area (Å²) in [4.78, 5) is 2.38. The average Bonchev–Trinajstić information content (AvgIpc) is 2.48. The molecule has 0 saturated carbocycles. The molecule has 0 spiro atoms. The quantitative estimate of drug-likeness (QED) is 0.840. The number of aliphatic hydroxyl groups excluding tert-OH is 1. The number of hydrogen-bond donors (Lipinski definition) is 1. The van der Waals surface area contributed by atoms with E-state index < -0.39 is 9.84 Å². The standard InChI is InChI=1S/C13H25NO3S/c1-11(15)9-12-5-3-2-4-7-14(12)13-6-8-18(16,17)10-13/h11-13,15H,2-10H2,1H3. The fraction of sp³-hybridized carbons (Fsp3) is 1.00. The second-order valence-corrected chi connectivity index (χ2v) is 8.11. The minimum atomic E-state index is -2.81. The van der Waals surface area contributed by atoms with Crippen molar-refractivity contribution in [3.05, 3.63) is 0 Å². The van der Waals surface area contributed by atoms with E-state index in [-0.39, 0.29) is 12.1 Å². The summed E-state index contributed by atoms with van der Waals surface area (Å²) < 4.78 is 23.2. The highest BCUT2D eigenvalue weighted by atomic mass is 32.2. The van der Waals surface area contributed by atoms with Crippen LogP contribution in [0.15, 0.2) is 0 Å². The summed E-state index contributed by atoms with van der Waals surface area (Å²) in [5.41, 5.74) is 0. The van der Waals surface area contributed by atoms with Crippen LogP contribution >= 0.6 is 0 Å². The molecule has 106 valence electrons. The number of nitrogens with zero attached hydrogens (tertiary/aromatic N) is 1. The first-order valence-electron chi connectivity index (χ1n) is 7.12. The summed E-state index contributed by atoms with van der Waals surface area (Å²) >= 11 is 0. The van der Waals surface area contributed by atoms with Crippen LogP contribution < -0.4 is 0 Å². The molecule has 0 aromatic carbocycles. The Balaban J connectivity index is 2.06. The topological polar surface area (TPSA) is 57.6 Å². The van der Waals surface area contributed by atoms with Crippen molar-refractivity contribution < 1.29 is 13.5 Å². The Morgan fingerprint density at radius 2 is 2.06 bits per heavy atom. The van der Waals surface area contributed by atoms with Gasteiger partial charge in [-0.1, -0.05) is 12.8 Å². The average molecular weight is 275 g/mol. The van der Waals surface area contributed by atoms with Gasteiger partial charge in [-0.3, -0.25) is 4.90 Å². The first-order valence-corrected chi connectivity index (χ1v) is 8.94. The van der Waals surface area contributed by atoms with E-state index >= 15 is 0 Å². The lowest BCUT2D eigenvalue weighted by Crippen LogP contribution is -2.44. The maximum atomic E-state index is 11.6. The zero-order chi connectivity index (χ0) is 13.2. The molecule has 4 nitrogen and oxygen atoms in total. The molecule has 2 saturated heterocycles. The van der Waals surface area contributed by atoms with Crippen molar-refractivity contribution in [2.45, 2.75) is 63.6 Å². The van der Waals surface area contributed by atoms with Crippen molar-refractivity contribution in [3.63, 3.8) is 0 Å². The van der Waals surface area contributed by atoms with Crippen LogP contribution in [0.3, 0.4) is 0 Å². The molecule has 2 aliphatic rings. The molecule has 0 aromatic heterocycles. The number of likely N-dealkylation sites (tertiary alicyclic amines) is 1. The van der Waals surface area contributed by atoms with Crippen molar-refractivity contribution in [2.75, 3.05) is 18.1 Å². The highest BCUT2D eigenvalue weighted by molar-refractivity contribution is 7.91. The summed E-state index contributed by atoms with van der Waals surface area (Å²) in [6.45, 7) is 2.83. The van der Waals surface area contributed by atoms with E-state index in [1.165, 1.54) is 12.8 Å². The maximum absolute atomic E-state index is 11.6. The first-order chi connectivity index (χ1) is 8.48. The molecule has 2 heterocycles. The first kappa shape index (κ1) is 14.3. The van der Waals surface area contributed by atoms with E-state index in [9.17, 15) is 13.5 Å². The summed E-state index contributed by atoms with van der Waals surface area (Å²) in [6, 6.07) is 0.558. The van der Waals surface area contributed by atoms with E-state index in [1.807, 2.05) is 6.92 Å². The fourth-order valence-corrected chi connectivity index (χ4v) is 5.11. The molecular formula is C13H25NO3S. The summed E-state index contributed by atoms with van der Waals surface area (Å²) in [6.07, 6.45) is 5.94. The van der Waals surface area contributed by atoms with E-state index in [0.29, 0.717) is 17.5 Å². The third-order valence-electron chi connectivity index (χ3n) is 4.21. The third kappa shape index (κ3) is 3.68. The van der Waals surface area contributed by atoms with Crippen LogP contribution in [0.1, 0.15) is 45.4 Å². The van der Waals surface area contributed by atoms with Crippen LogP contribution in [0, 0.1) is 0 Å². The van der Waals surface area contributed by atoms with Gasteiger partial charge >= 0.3 is 0 Å². The molecule has 0 radical (unpaired) electrons. The van der Waals surface area contributed by atoms with Gasteiger partial charge in [0, 0.05) is 12.1 Å². The molecule has 2 aliphatic heterocycles. The molecule has 18 heavy (non-hydrogen) atoms. The van der Waals surface area contributed by atoms with E-state index in [4.69, 9.17) is 0 Å². The van der Waals surface area contributed by atoms with Crippen molar-refractivity contribution >= 4 is 9.84 Å². The highest BCUT2D eigenvalue weighted by Crippen LogP contribution is 2.27. The Bertz CT molecular complexity index is 366. The van der Waals surface area contributed by atoms with Gasteiger partial charge < -0.3 is 5.11 Å². The predicted molar refractivity (Wildman–Crippen MR) is 72.3 cm³/mol. The van der Waals surface area contributed by atoms with Crippen LogP contribution in [0.5, 0.6) is 0 Å². The molecule has 2 fully saturated rings. The second-order valence-electron chi connectivity index (χ2n) is 5.88. The lowest BCUT2D eigenvalue weighted by atomic mass is 10.0. The molecule has 2 rings (SSSR count). The number of sulfone groups is 1. The molecule has 3 atom stereocenters. The normalized spacial score (nSPS) is 35.2. The van der Waals surface area contributed by atoms with Gasteiger partial charge in [0.05, 0.1) is 17.6 Å². The Labute approximate surface area is 110 Å². The SMILES string of the molecule is CC(O)CC1CCCCCN1C1CCS(=O)(=O)C1. The Morgan fingerprint density at radius 3 is 2.67 bits per heavy atom. The largest absolute Gasteiger partial charge is 0.393 e. The van der Waals surface area contributed by atoms with E-state index in [1.54, 1.807) is 0 Å². The summed E-state index contributed by atoms with van der Waals surface area (Å²) in [5.74, 6) is 0.666. The van der Waals surface area contributed by atoms with Crippen LogP contribution in [-0.2, 0) is 9.84 Å². The van der Waals surface area contributed by atoms with Gasteiger partial charge in [-0.2, -0.15) is 0 Å². The van der Waals surface area contributed by atoms with E-state index in [2.05, 4.69) is 4.90 Å².